The van der Waals surface area contributed by atoms with Gasteiger partial charge in [0.05, 0.1) is 16.8 Å². The van der Waals surface area contributed by atoms with E-state index in [2.05, 4.69) is 27.5 Å². The van der Waals surface area contributed by atoms with Crippen LogP contribution in [0.5, 0.6) is 0 Å². The monoisotopic (exact) mass is 624 g/mol. The third-order valence-corrected chi connectivity index (χ3v) is 8.62. The lowest BCUT2D eigenvalue weighted by atomic mass is 10.0. The molecule has 2 aliphatic rings. The van der Waals surface area contributed by atoms with Gasteiger partial charge in [-0.2, -0.15) is 9.49 Å². The van der Waals surface area contributed by atoms with Gasteiger partial charge >= 0.3 is 0 Å². The molecule has 1 saturated heterocycles. The normalized spacial score (nSPS) is 18.4. The number of primary amides is 1. The SMILES string of the molecule is NC(=O)c1nn(CC(=O)N2[C@@H]3C[C@@H]3C[C@H]2C(=O)Nc2cc#cc(-c3ccccc3Cl)c2F)c2ccc(-c3ccc(F)nc3)cc12. The van der Waals surface area contributed by atoms with Crippen molar-refractivity contribution in [2.45, 2.75) is 31.5 Å². The van der Waals surface area contributed by atoms with Gasteiger partial charge in [-0.15, -0.1) is 0 Å². The van der Waals surface area contributed by atoms with E-state index in [9.17, 15) is 18.8 Å². The van der Waals surface area contributed by atoms with Crippen LogP contribution in [0.3, 0.4) is 0 Å². The number of fused-ring (bicyclic) bond motifs is 2. The Morgan fingerprint density at radius 1 is 1.07 bits per heavy atom. The first-order chi connectivity index (χ1) is 21.7. The summed E-state index contributed by atoms with van der Waals surface area (Å²) in [4.78, 5) is 44.7. The molecule has 3 aromatic carbocycles. The molecule has 1 aliphatic heterocycles. The Kier molecular flexibility index (Phi) is 6.94. The van der Waals surface area contributed by atoms with E-state index < -0.39 is 29.6 Å². The quantitative estimate of drug-likeness (QED) is 0.246. The summed E-state index contributed by atoms with van der Waals surface area (Å²) in [7, 11) is 0. The molecule has 0 radical (unpaired) electrons. The van der Waals surface area contributed by atoms with Crippen molar-refractivity contribution in [2.24, 2.45) is 11.7 Å². The molecule has 3 amide bonds. The first-order valence-electron chi connectivity index (χ1n) is 14.1. The highest BCUT2D eigenvalue weighted by atomic mass is 35.5. The van der Waals surface area contributed by atoms with Gasteiger partial charge in [0, 0.05) is 39.8 Å². The number of nitrogens with two attached hydrogens (primary N) is 1. The number of aromatic nitrogens is 3. The van der Waals surface area contributed by atoms with Gasteiger partial charge in [-0.25, -0.2) is 9.37 Å². The van der Waals surface area contributed by atoms with Crippen LogP contribution < -0.4 is 11.1 Å². The van der Waals surface area contributed by atoms with E-state index in [-0.39, 0.29) is 41.4 Å². The lowest BCUT2D eigenvalue weighted by Gasteiger charge is -2.27. The number of carbonyl (C=O) groups is 3. The molecule has 3 N–H and O–H groups in total. The van der Waals surface area contributed by atoms with Crippen molar-refractivity contribution >= 4 is 45.9 Å². The summed E-state index contributed by atoms with van der Waals surface area (Å²) in [5, 5.41) is 7.71. The number of nitrogens with zero attached hydrogens (tertiary/aromatic N) is 4. The van der Waals surface area contributed by atoms with Crippen LogP contribution in [0.2, 0.25) is 5.02 Å². The van der Waals surface area contributed by atoms with E-state index in [0.29, 0.717) is 39.0 Å². The maximum absolute atomic E-state index is 15.5. The van der Waals surface area contributed by atoms with Crippen molar-refractivity contribution in [1.29, 1.82) is 0 Å². The van der Waals surface area contributed by atoms with Gasteiger partial charge in [0.15, 0.2) is 11.5 Å². The molecular formula is C33H23ClF2N6O3. The summed E-state index contributed by atoms with van der Waals surface area (Å²) >= 11 is 6.25. The van der Waals surface area contributed by atoms with Crippen molar-refractivity contribution < 1.29 is 23.2 Å². The van der Waals surface area contributed by atoms with Crippen LogP contribution in [-0.2, 0) is 16.1 Å². The van der Waals surface area contributed by atoms with Gasteiger partial charge in [0.1, 0.15) is 12.6 Å². The van der Waals surface area contributed by atoms with Crippen molar-refractivity contribution in [1.82, 2.24) is 19.7 Å². The Morgan fingerprint density at radius 2 is 1.87 bits per heavy atom. The van der Waals surface area contributed by atoms with Crippen molar-refractivity contribution in [3.63, 3.8) is 0 Å². The summed E-state index contributed by atoms with van der Waals surface area (Å²) in [6.07, 6.45) is 2.57. The predicted molar refractivity (Wildman–Crippen MR) is 162 cm³/mol. The number of hydrogen-bond donors (Lipinski definition) is 2. The second-order valence-electron chi connectivity index (χ2n) is 11.1. The van der Waals surface area contributed by atoms with Crippen LogP contribution in [0.1, 0.15) is 23.3 Å². The molecule has 12 heteroatoms. The van der Waals surface area contributed by atoms with Gasteiger partial charge in [0.25, 0.3) is 5.91 Å². The number of benzene rings is 2. The first kappa shape index (κ1) is 28.4. The molecule has 224 valence electrons. The zero-order valence-corrected chi connectivity index (χ0v) is 24.2. The lowest BCUT2D eigenvalue weighted by Crippen LogP contribution is -2.46. The van der Waals surface area contributed by atoms with E-state index in [1.807, 2.05) is 0 Å². The molecule has 5 aromatic rings. The summed E-state index contributed by atoms with van der Waals surface area (Å²) in [6.45, 7) is -0.257. The Morgan fingerprint density at radius 3 is 2.62 bits per heavy atom. The number of carbonyl (C=O) groups excluding carboxylic acids is 3. The molecule has 3 heterocycles. The Labute approximate surface area is 260 Å². The number of halogens is 3. The number of rotatable bonds is 7. The van der Waals surface area contributed by atoms with E-state index in [0.717, 1.165) is 6.42 Å². The highest BCUT2D eigenvalue weighted by molar-refractivity contribution is 6.33. The summed E-state index contributed by atoms with van der Waals surface area (Å²) in [6, 6.07) is 20.4. The molecule has 0 unspecified atom stereocenters. The third kappa shape index (κ3) is 5.13. The summed E-state index contributed by atoms with van der Waals surface area (Å²) in [5.41, 5.74) is 7.71. The summed E-state index contributed by atoms with van der Waals surface area (Å²) in [5.74, 6) is -2.86. The Hall–Kier alpha value is -5.34. The molecule has 7 rings (SSSR count). The molecular weight excluding hydrogens is 602 g/mol. The van der Waals surface area contributed by atoms with Gasteiger partial charge in [-0.1, -0.05) is 48.0 Å². The number of likely N-dealkylation sites (tertiary alicyclic amines) is 1. The van der Waals surface area contributed by atoms with Crippen molar-refractivity contribution in [3.05, 3.63) is 101 Å². The van der Waals surface area contributed by atoms with Crippen molar-refractivity contribution in [3.8, 4) is 22.3 Å². The molecule has 0 spiro atoms. The van der Waals surface area contributed by atoms with E-state index >= 15 is 4.39 Å². The van der Waals surface area contributed by atoms with Gasteiger partial charge in [-0.3, -0.25) is 19.1 Å². The highest BCUT2D eigenvalue weighted by Crippen LogP contribution is 2.48. The van der Waals surface area contributed by atoms with Crippen LogP contribution in [0.25, 0.3) is 33.2 Å². The molecule has 2 aromatic heterocycles. The Bertz CT molecular complexity index is 2010. The van der Waals surface area contributed by atoms with Crippen LogP contribution in [0, 0.1) is 29.8 Å². The minimum Gasteiger partial charge on any atom is -0.364 e. The van der Waals surface area contributed by atoms with Gasteiger partial charge < -0.3 is 16.0 Å². The van der Waals surface area contributed by atoms with E-state index in [4.69, 9.17) is 17.3 Å². The average molecular weight is 625 g/mol. The zero-order chi connectivity index (χ0) is 31.4. The average Bonchev–Trinajstić information content (AvgIpc) is 3.53. The smallest absolute Gasteiger partial charge is 0.269 e. The van der Waals surface area contributed by atoms with Crippen molar-refractivity contribution in [2.75, 3.05) is 5.32 Å². The number of amides is 3. The number of hydrogen-bond acceptors (Lipinski definition) is 5. The summed E-state index contributed by atoms with van der Waals surface area (Å²) < 4.78 is 30.2. The fourth-order valence-electron chi connectivity index (χ4n) is 6.06. The number of pyridine rings is 1. The Balaban J connectivity index is 1.14. The number of nitrogens with one attached hydrogen (secondary N) is 1. The van der Waals surface area contributed by atoms with E-state index in [1.54, 1.807) is 48.5 Å². The molecule has 0 bridgehead atoms. The van der Waals surface area contributed by atoms with Gasteiger partial charge in [-0.05, 0) is 54.7 Å². The third-order valence-electron chi connectivity index (χ3n) is 8.30. The highest BCUT2D eigenvalue weighted by Gasteiger charge is 2.56. The number of anilines is 1. The molecule has 9 nitrogen and oxygen atoms in total. The zero-order valence-electron chi connectivity index (χ0n) is 23.4. The number of piperidine rings is 1. The van der Waals surface area contributed by atoms with E-state index in [1.165, 1.54) is 27.9 Å². The predicted octanol–water partition coefficient (Wildman–Crippen LogP) is 5.02. The van der Waals surface area contributed by atoms with Crippen LogP contribution in [0.15, 0.2) is 66.9 Å². The lowest BCUT2D eigenvalue weighted by molar-refractivity contribution is -0.138. The molecule has 3 atom stereocenters. The fourth-order valence-corrected chi connectivity index (χ4v) is 6.29. The van der Waals surface area contributed by atoms with Crippen LogP contribution in [-0.4, -0.2) is 49.5 Å². The maximum Gasteiger partial charge on any atom is 0.269 e. The second-order valence-corrected chi connectivity index (χ2v) is 11.5. The minimum atomic E-state index is -0.830. The standard InChI is InChI=1S/C33H23ClF2N6O3/c34-23-6-2-1-4-20(23)21-5-3-7-24(30(21)36)39-33(45)27-14-19-13-26(19)42(27)29(43)16-41-25-10-8-17(18-9-11-28(35)38-15-18)12-22(25)31(40-41)32(37)44/h1-2,4,6-12,15,19,26-27H,13-14,16H2,(H2,37,44)(H,39,45)/t19-,26-,27+/m1/s1. The van der Waals surface area contributed by atoms with Gasteiger partial charge in [0.2, 0.25) is 17.8 Å². The fraction of sp³-hybridized carbons (Fsp3) is 0.182. The largest absolute Gasteiger partial charge is 0.364 e. The maximum atomic E-state index is 15.5. The topological polar surface area (TPSA) is 123 Å². The van der Waals surface area contributed by atoms with Crippen LogP contribution >= 0.6 is 11.6 Å². The van der Waals surface area contributed by atoms with Crippen LogP contribution in [0.4, 0.5) is 14.5 Å². The minimum absolute atomic E-state index is 0.0309. The second kappa shape index (κ2) is 11.0. The molecule has 1 saturated carbocycles. The molecule has 1 aliphatic carbocycles. The molecule has 2 fully saturated rings. The first-order valence-corrected chi connectivity index (χ1v) is 14.5. The molecule has 45 heavy (non-hydrogen) atoms.